The molecule has 3 aromatic rings. The van der Waals surface area contributed by atoms with E-state index < -0.39 is 0 Å². The zero-order chi connectivity index (χ0) is 14.1. The van der Waals surface area contributed by atoms with Crippen molar-refractivity contribution in [1.82, 2.24) is 0 Å². The van der Waals surface area contributed by atoms with E-state index in [-0.39, 0.29) is 11.0 Å². The van der Waals surface area contributed by atoms with Gasteiger partial charge >= 0.3 is 0 Å². The number of benzene rings is 2. The molecule has 1 heterocycles. The minimum atomic E-state index is -0.285. The third-order valence-electron chi connectivity index (χ3n) is 3.30. The van der Waals surface area contributed by atoms with E-state index in [4.69, 9.17) is 4.42 Å². The average molecular weight is 261 g/mol. The molecule has 0 saturated carbocycles. The van der Waals surface area contributed by atoms with Crippen LogP contribution in [0.5, 0.6) is 0 Å². The molecular weight excluding hydrogens is 250 g/mol. The van der Waals surface area contributed by atoms with Crippen LogP contribution in [-0.4, -0.2) is 0 Å². The zero-order valence-electron chi connectivity index (χ0n) is 10.9. The van der Waals surface area contributed by atoms with Gasteiger partial charge in [-0.25, -0.2) is 0 Å². The van der Waals surface area contributed by atoms with Gasteiger partial charge < -0.3 is 4.42 Å². The number of rotatable bonds is 1. The van der Waals surface area contributed by atoms with E-state index >= 15 is 0 Å². The zero-order valence-corrected chi connectivity index (χ0v) is 10.9. The summed E-state index contributed by atoms with van der Waals surface area (Å²) in [5.74, 6) is 0.342. The highest BCUT2D eigenvalue weighted by molar-refractivity contribution is 5.82. The number of nitriles is 1. The number of nitrogens with zero attached hydrogens (tertiary/aromatic N) is 1. The Morgan fingerprint density at radius 1 is 1.05 bits per heavy atom. The number of fused-ring (bicyclic) bond motifs is 1. The smallest absolute Gasteiger partial charge is 0.211 e. The van der Waals surface area contributed by atoms with Crippen molar-refractivity contribution >= 4 is 11.0 Å². The highest BCUT2D eigenvalue weighted by Crippen LogP contribution is 2.27. The summed E-state index contributed by atoms with van der Waals surface area (Å²) in [6.45, 7) is 1.92. The SMILES string of the molecule is Cc1ccccc1-c1oc2ccccc2c(=O)c1C#N. The fourth-order valence-electron chi connectivity index (χ4n) is 2.26. The molecule has 0 aliphatic heterocycles. The van der Waals surface area contributed by atoms with Crippen molar-refractivity contribution in [2.75, 3.05) is 0 Å². The van der Waals surface area contributed by atoms with Crippen molar-refractivity contribution < 1.29 is 4.42 Å². The predicted octanol–water partition coefficient (Wildman–Crippen LogP) is 3.64. The Balaban J connectivity index is 2.46. The molecule has 0 atom stereocenters. The predicted molar refractivity (Wildman–Crippen MR) is 77.4 cm³/mol. The van der Waals surface area contributed by atoms with Crippen LogP contribution in [0.25, 0.3) is 22.3 Å². The first-order chi connectivity index (χ1) is 9.72. The lowest BCUT2D eigenvalue weighted by Gasteiger charge is -2.07. The van der Waals surface area contributed by atoms with Gasteiger partial charge in [0.05, 0.1) is 5.39 Å². The Hall–Kier alpha value is -2.86. The third-order valence-corrected chi connectivity index (χ3v) is 3.30. The molecule has 0 radical (unpaired) electrons. The summed E-state index contributed by atoms with van der Waals surface area (Å²) in [6, 6.07) is 16.5. The molecule has 1 aromatic heterocycles. The second-order valence-electron chi connectivity index (χ2n) is 4.56. The Kier molecular flexibility index (Phi) is 2.85. The maximum absolute atomic E-state index is 12.4. The van der Waals surface area contributed by atoms with Gasteiger partial charge in [0.15, 0.2) is 5.76 Å². The topological polar surface area (TPSA) is 54.0 Å². The summed E-state index contributed by atoms with van der Waals surface area (Å²) in [4.78, 5) is 12.4. The van der Waals surface area contributed by atoms with Crippen LogP contribution in [0.3, 0.4) is 0 Å². The molecule has 3 heteroatoms. The normalized spacial score (nSPS) is 10.4. The Morgan fingerprint density at radius 2 is 1.75 bits per heavy atom. The number of para-hydroxylation sites is 1. The summed E-state index contributed by atoms with van der Waals surface area (Å²) in [7, 11) is 0. The van der Waals surface area contributed by atoms with Crippen molar-refractivity contribution in [3.63, 3.8) is 0 Å². The molecule has 0 aliphatic carbocycles. The maximum Gasteiger partial charge on any atom is 0.211 e. The first-order valence-electron chi connectivity index (χ1n) is 6.24. The van der Waals surface area contributed by atoms with E-state index in [0.717, 1.165) is 11.1 Å². The molecule has 0 unspecified atom stereocenters. The summed E-state index contributed by atoms with van der Waals surface area (Å²) in [6.07, 6.45) is 0. The van der Waals surface area contributed by atoms with Crippen LogP contribution >= 0.6 is 0 Å². The molecule has 3 nitrogen and oxygen atoms in total. The molecule has 0 aliphatic rings. The van der Waals surface area contributed by atoms with Gasteiger partial charge in [0.25, 0.3) is 0 Å². The largest absolute Gasteiger partial charge is 0.454 e. The molecule has 3 rings (SSSR count). The van der Waals surface area contributed by atoms with Crippen molar-refractivity contribution in [2.45, 2.75) is 6.92 Å². The highest BCUT2D eigenvalue weighted by Gasteiger charge is 2.16. The minimum absolute atomic E-state index is 0.0537. The quantitative estimate of drug-likeness (QED) is 0.672. The lowest BCUT2D eigenvalue weighted by Crippen LogP contribution is -2.08. The Labute approximate surface area is 115 Å². The Morgan fingerprint density at radius 3 is 2.50 bits per heavy atom. The van der Waals surface area contributed by atoms with Gasteiger partial charge in [-0.3, -0.25) is 4.79 Å². The molecule has 96 valence electrons. The van der Waals surface area contributed by atoms with E-state index in [1.807, 2.05) is 37.3 Å². The number of hydrogen-bond acceptors (Lipinski definition) is 3. The maximum atomic E-state index is 12.4. The standard InChI is InChI=1S/C17H11NO2/c1-11-6-2-3-7-12(11)17-14(10-18)16(19)13-8-4-5-9-15(13)20-17/h2-9H,1H3. The minimum Gasteiger partial charge on any atom is -0.454 e. The molecule has 0 fully saturated rings. The van der Waals surface area contributed by atoms with E-state index in [1.165, 1.54) is 0 Å². The van der Waals surface area contributed by atoms with Crippen molar-refractivity contribution in [3.8, 4) is 17.4 Å². The van der Waals surface area contributed by atoms with Crippen LogP contribution < -0.4 is 5.43 Å². The van der Waals surface area contributed by atoms with Gasteiger partial charge in [0, 0.05) is 5.56 Å². The summed E-state index contributed by atoms with van der Waals surface area (Å²) in [5.41, 5.74) is 2.00. The lowest BCUT2D eigenvalue weighted by molar-refractivity contribution is 0.616. The fraction of sp³-hybridized carbons (Fsp3) is 0.0588. The van der Waals surface area contributed by atoms with E-state index in [1.54, 1.807) is 24.3 Å². The van der Waals surface area contributed by atoms with Gasteiger partial charge in [0.2, 0.25) is 5.43 Å². The Bertz CT molecular complexity index is 901. The van der Waals surface area contributed by atoms with Gasteiger partial charge in [-0.2, -0.15) is 5.26 Å². The molecule has 0 bridgehead atoms. The van der Waals surface area contributed by atoms with Crippen LogP contribution in [0.4, 0.5) is 0 Å². The third kappa shape index (κ3) is 1.79. The first-order valence-corrected chi connectivity index (χ1v) is 6.24. The van der Waals surface area contributed by atoms with E-state index in [0.29, 0.717) is 16.7 Å². The fourth-order valence-corrected chi connectivity index (χ4v) is 2.26. The van der Waals surface area contributed by atoms with Gasteiger partial charge in [-0.1, -0.05) is 36.4 Å². The van der Waals surface area contributed by atoms with Crippen LogP contribution in [0, 0.1) is 18.3 Å². The number of hydrogen-bond donors (Lipinski definition) is 0. The van der Waals surface area contributed by atoms with E-state index in [9.17, 15) is 10.1 Å². The first kappa shape index (κ1) is 12.2. The van der Waals surface area contributed by atoms with Crippen molar-refractivity contribution in [3.05, 3.63) is 69.9 Å². The van der Waals surface area contributed by atoms with Gasteiger partial charge in [-0.15, -0.1) is 0 Å². The number of aryl methyl sites for hydroxylation is 1. The molecule has 0 saturated heterocycles. The van der Waals surface area contributed by atoms with Crippen molar-refractivity contribution in [1.29, 1.82) is 5.26 Å². The van der Waals surface area contributed by atoms with Gasteiger partial charge in [-0.05, 0) is 24.6 Å². The molecule has 2 aromatic carbocycles. The summed E-state index contributed by atoms with van der Waals surface area (Å²) in [5, 5.41) is 9.73. The second-order valence-corrected chi connectivity index (χ2v) is 4.56. The summed E-state index contributed by atoms with van der Waals surface area (Å²) < 4.78 is 5.81. The van der Waals surface area contributed by atoms with Crippen LogP contribution in [0.2, 0.25) is 0 Å². The average Bonchev–Trinajstić information content (AvgIpc) is 2.48. The molecule has 0 amide bonds. The van der Waals surface area contributed by atoms with Crippen LogP contribution in [0.1, 0.15) is 11.1 Å². The van der Waals surface area contributed by atoms with Crippen molar-refractivity contribution in [2.24, 2.45) is 0 Å². The molecule has 0 spiro atoms. The summed E-state index contributed by atoms with van der Waals surface area (Å²) >= 11 is 0. The second kappa shape index (κ2) is 4.67. The molecular formula is C17H11NO2. The van der Waals surface area contributed by atoms with Gasteiger partial charge in [0.1, 0.15) is 17.2 Å². The molecule has 0 N–H and O–H groups in total. The molecule has 20 heavy (non-hydrogen) atoms. The highest BCUT2D eigenvalue weighted by atomic mass is 16.3. The monoisotopic (exact) mass is 261 g/mol. The van der Waals surface area contributed by atoms with E-state index in [2.05, 4.69) is 0 Å². The lowest BCUT2D eigenvalue weighted by atomic mass is 10.0. The van der Waals surface area contributed by atoms with Crippen LogP contribution in [-0.2, 0) is 0 Å². The van der Waals surface area contributed by atoms with Crippen LogP contribution in [0.15, 0.2) is 57.7 Å².